The summed E-state index contributed by atoms with van der Waals surface area (Å²) in [6.45, 7) is 2.05. The standard InChI is InChI=1S/C19H17BrClNO2S/c1-2-14-16(15-17(23)9-3-4-10(7-9)18(15)24)22-19(25-14)12-6-5-11(21)8-13(12)20/h5-6,8-10,15H,2-4,7H2,1H3/t9-,10+,15?. The number of carbonyl (C=O) groups excluding carboxylic acids is 2. The molecule has 0 N–H and O–H groups in total. The van der Waals surface area contributed by atoms with Crippen molar-refractivity contribution in [2.75, 3.05) is 0 Å². The number of thiazole rings is 1. The van der Waals surface area contributed by atoms with E-state index in [4.69, 9.17) is 16.6 Å². The Morgan fingerprint density at radius 2 is 1.92 bits per heavy atom. The number of ketones is 2. The van der Waals surface area contributed by atoms with Crippen molar-refractivity contribution in [3.63, 3.8) is 0 Å². The molecule has 1 aromatic heterocycles. The Hall–Kier alpha value is -1.04. The SMILES string of the molecule is CCc1sc(-c2ccc(Cl)cc2Br)nc1C1C(=O)[C@@H]2CC[C@@H](C2)C1=O. The summed E-state index contributed by atoms with van der Waals surface area (Å²) in [6.07, 6.45) is 3.22. The molecular weight excluding hydrogens is 422 g/mol. The van der Waals surface area contributed by atoms with Crippen molar-refractivity contribution >= 4 is 50.4 Å². The number of carbonyl (C=O) groups is 2. The van der Waals surface area contributed by atoms with Crippen LogP contribution in [0.5, 0.6) is 0 Å². The van der Waals surface area contributed by atoms with E-state index in [-0.39, 0.29) is 23.4 Å². The van der Waals surface area contributed by atoms with Crippen LogP contribution < -0.4 is 0 Å². The minimum absolute atomic E-state index is 0.0461. The van der Waals surface area contributed by atoms with Gasteiger partial charge in [0.25, 0.3) is 0 Å². The van der Waals surface area contributed by atoms with Gasteiger partial charge in [0.05, 0.1) is 5.69 Å². The summed E-state index contributed by atoms with van der Waals surface area (Å²) in [5.74, 6) is -0.395. The highest BCUT2D eigenvalue weighted by Crippen LogP contribution is 2.46. The Labute approximate surface area is 163 Å². The quantitative estimate of drug-likeness (QED) is 0.599. The van der Waals surface area contributed by atoms with Gasteiger partial charge in [-0.1, -0.05) is 34.5 Å². The number of nitrogens with zero attached hydrogens (tertiary/aromatic N) is 1. The van der Waals surface area contributed by atoms with E-state index >= 15 is 0 Å². The van der Waals surface area contributed by atoms with E-state index in [0.29, 0.717) is 10.7 Å². The summed E-state index contributed by atoms with van der Waals surface area (Å²) in [5.41, 5.74) is 1.63. The second-order valence-electron chi connectivity index (χ2n) is 6.75. The second kappa shape index (κ2) is 6.60. The minimum atomic E-state index is -0.655. The van der Waals surface area contributed by atoms with Gasteiger partial charge >= 0.3 is 0 Å². The highest BCUT2D eigenvalue weighted by molar-refractivity contribution is 9.10. The molecule has 0 radical (unpaired) electrons. The van der Waals surface area contributed by atoms with Crippen LogP contribution in [0.2, 0.25) is 5.02 Å². The molecule has 3 nitrogen and oxygen atoms in total. The number of aromatic nitrogens is 1. The van der Waals surface area contributed by atoms with Crippen LogP contribution in [0, 0.1) is 11.8 Å². The second-order valence-corrected chi connectivity index (χ2v) is 9.12. The maximum Gasteiger partial charge on any atom is 0.152 e. The highest BCUT2D eigenvalue weighted by Gasteiger charge is 2.48. The predicted molar refractivity (Wildman–Crippen MR) is 103 cm³/mol. The van der Waals surface area contributed by atoms with Crippen molar-refractivity contribution in [2.45, 2.75) is 38.5 Å². The van der Waals surface area contributed by atoms with Crippen molar-refractivity contribution < 1.29 is 9.59 Å². The number of rotatable bonds is 3. The summed E-state index contributed by atoms with van der Waals surface area (Å²) >= 11 is 11.1. The largest absolute Gasteiger partial charge is 0.298 e. The Morgan fingerprint density at radius 3 is 2.52 bits per heavy atom. The molecule has 2 aliphatic carbocycles. The summed E-state index contributed by atoms with van der Waals surface area (Å²) < 4.78 is 0.865. The molecule has 1 aromatic carbocycles. The fraction of sp³-hybridized carbons (Fsp3) is 0.421. The van der Waals surface area contributed by atoms with E-state index in [1.165, 1.54) is 0 Å². The third kappa shape index (κ3) is 2.90. The third-order valence-corrected chi connectivity index (χ3v) is 7.43. The zero-order valence-electron chi connectivity index (χ0n) is 13.7. The van der Waals surface area contributed by atoms with E-state index in [0.717, 1.165) is 45.6 Å². The summed E-state index contributed by atoms with van der Waals surface area (Å²) in [5, 5.41) is 1.48. The Bertz CT molecular complexity index is 856. The van der Waals surface area contributed by atoms with Crippen LogP contribution in [0.1, 0.15) is 42.7 Å². The normalized spacial score (nSPS) is 25.6. The Balaban J connectivity index is 1.79. The van der Waals surface area contributed by atoms with Crippen molar-refractivity contribution in [1.82, 2.24) is 4.98 Å². The fourth-order valence-electron chi connectivity index (χ4n) is 4.00. The number of hydrogen-bond donors (Lipinski definition) is 0. The lowest BCUT2D eigenvalue weighted by Gasteiger charge is -2.24. The molecule has 0 aliphatic heterocycles. The van der Waals surface area contributed by atoms with E-state index in [2.05, 4.69) is 15.9 Å². The summed E-state index contributed by atoms with van der Waals surface area (Å²) in [6, 6.07) is 5.58. The first kappa shape index (κ1) is 17.4. The number of hydrogen-bond acceptors (Lipinski definition) is 4. The molecule has 1 heterocycles. The number of halogens is 2. The minimum Gasteiger partial charge on any atom is -0.298 e. The monoisotopic (exact) mass is 437 g/mol. The van der Waals surface area contributed by atoms with Crippen LogP contribution in [-0.4, -0.2) is 16.6 Å². The van der Waals surface area contributed by atoms with Crippen LogP contribution >= 0.6 is 38.9 Å². The number of fused-ring (bicyclic) bond motifs is 2. The molecule has 130 valence electrons. The van der Waals surface area contributed by atoms with Gasteiger partial charge in [0, 0.05) is 31.8 Å². The molecule has 4 rings (SSSR count). The van der Waals surface area contributed by atoms with Crippen molar-refractivity contribution in [2.24, 2.45) is 11.8 Å². The van der Waals surface area contributed by atoms with Crippen LogP contribution in [0.4, 0.5) is 0 Å². The van der Waals surface area contributed by atoms with Crippen molar-refractivity contribution in [3.8, 4) is 10.6 Å². The average molecular weight is 439 g/mol. The zero-order chi connectivity index (χ0) is 17.7. The third-order valence-electron chi connectivity index (χ3n) is 5.29. The van der Waals surface area contributed by atoms with E-state index in [1.807, 2.05) is 25.1 Å². The first-order chi connectivity index (χ1) is 12.0. The molecule has 2 bridgehead atoms. The molecule has 0 spiro atoms. The van der Waals surface area contributed by atoms with E-state index in [9.17, 15) is 9.59 Å². The molecule has 2 aromatic rings. The van der Waals surface area contributed by atoms with E-state index in [1.54, 1.807) is 11.3 Å². The molecular formula is C19H17BrClNO2S. The van der Waals surface area contributed by atoms with Crippen LogP contribution in [-0.2, 0) is 16.0 Å². The van der Waals surface area contributed by atoms with Crippen LogP contribution in [0.25, 0.3) is 10.6 Å². The maximum atomic E-state index is 12.8. The lowest BCUT2D eigenvalue weighted by atomic mass is 9.77. The first-order valence-corrected chi connectivity index (χ1v) is 10.5. The van der Waals surface area contributed by atoms with Gasteiger partial charge in [-0.05, 0) is 43.9 Å². The lowest BCUT2D eigenvalue weighted by molar-refractivity contribution is -0.136. The summed E-state index contributed by atoms with van der Waals surface area (Å²) in [4.78, 5) is 31.5. The van der Waals surface area contributed by atoms with Gasteiger partial charge in [-0.25, -0.2) is 4.98 Å². The molecule has 6 heteroatoms. The van der Waals surface area contributed by atoms with E-state index < -0.39 is 5.92 Å². The van der Waals surface area contributed by atoms with Gasteiger partial charge in [-0.3, -0.25) is 9.59 Å². The topological polar surface area (TPSA) is 47.0 Å². The summed E-state index contributed by atoms with van der Waals surface area (Å²) in [7, 11) is 0. The molecule has 25 heavy (non-hydrogen) atoms. The molecule has 0 amide bonds. The Kier molecular flexibility index (Phi) is 4.59. The van der Waals surface area contributed by atoms with Gasteiger partial charge in [0.1, 0.15) is 10.9 Å². The van der Waals surface area contributed by atoms with Gasteiger partial charge < -0.3 is 0 Å². The predicted octanol–water partition coefficient (Wildman–Crippen LogP) is 5.44. The zero-order valence-corrected chi connectivity index (χ0v) is 16.9. The molecule has 2 saturated carbocycles. The van der Waals surface area contributed by atoms with Gasteiger partial charge in [-0.2, -0.15) is 0 Å². The fourth-order valence-corrected chi connectivity index (χ4v) is 6.08. The maximum absolute atomic E-state index is 12.8. The van der Waals surface area contributed by atoms with Crippen LogP contribution in [0.3, 0.4) is 0 Å². The van der Waals surface area contributed by atoms with Gasteiger partial charge in [0.15, 0.2) is 11.6 Å². The smallest absolute Gasteiger partial charge is 0.152 e. The molecule has 2 fully saturated rings. The van der Waals surface area contributed by atoms with Gasteiger partial charge in [0.2, 0.25) is 0 Å². The van der Waals surface area contributed by atoms with Crippen LogP contribution in [0.15, 0.2) is 22.7 Å². The number of Topliss-reactive ketones (excluding diaryl/α,β-unsaturated/α-hetero) is 2. The average Bonchev–Trinajstić information content (AvgIpc) is 3.19. The van der Waals surface area contributed by atoms with Crippen molar-refractivity contribution in [3.05, 3.63) is 38.3 Å². The highest BCUT2D eigenvalue weighted by atomic mass is 79.9. The van der Waals surface area contributed by atoms with Gasteiger partial charge in [-0.15, -0.1) is 11.3 Å². The Morgan fingerprint density at radius 1 is 1.24 bits per heavy atom. The molecule has 3 atom stereocenters. The number of aryl methyl sites for hydroxylation is 1. The van der Waals surface area contributed by atoms with Crippen molar-refractivity contribution in [1.29, 1.82) is 0 Å². The lowest BCUT2D eigenvalue weighted by Crippen LogP contribution is -2.35. The molecule has 2 aliphatic rings. The number of benzene rings is 1. The first-order valence-electron chi connectivity index (χ1n) is 8.52. The molecule has 1 unspecified atom stereocenters. The molecule has 0 saturated heterocycles.